The van der Waals surface area contributed by atoms with Gasteiger partial charge in [-0.25, -0.2) is 0 Å². The normalized spacial score (nSPS) is 12.6. The summed E-state index contributed by atoms with van der Waals surface area (Å²) in [5.41, 5.74) is 1.15. The van der Waals surface area contributed by atoms with Crippen LogP contribution in [0.3, 0.4) is 0 Å². The molecule has 1 aromatic carbocycles. The van der Waals surface area contributed by atoms with E-state index >= 15 is 0 Å². The van der Waals surface area contributed by atoms with Crippen molar-refractivity contribution in [2.45, 2.75) is 25.4 Å². The number of hydrogen-bond donors (Lipinski definition) is 1. The number of hydrogen-bond acceptors (Lipinski definition) is 2. The van der Waals surface area contributed by atoms with Gasteiger partial charge in [-0.2, -0.15) is 0 Å². The number of furan rings is 1. The van der Waals surface area contributed by atoms with E-state index in [1.165, 1.54) is 0 Å². The van der Waals surface area contributed by atoms with Crippen molar-refractivity contribution in [3.63, 3.8) is 0 Å². The van der Waals surface area contributed by atoms with Crippen molar-refractivity contribution < 1.29 is 9.52 Å². The molecule has 0 radical (unpaired) electrons. The van der Waals surface area contributed by atoms with Crippen molar-refractivity contribution in [1.82, 2.24) is 0 Å². The van der Waals surface area contributed by atoms with Gasteiger partial charge in [-0.3, -0.25) is 0 Å². The fourth-order valence-electron chi connectivity index (χ4n) is 1.76. The van der Waals surface area contributed by atoms with Crippen LogP contribution in [0, 0.1) is 0 Å². The Hall–Kier alpha value is -1.06. The fraction of sp³-hybridized carbons (Fsp3) is 0.286. The molecule has 2 aromatic rings. The van der Waals surface area contributed by atoms with Crippen LogP contribution in [0.4, 0.5) is 0 Å². The van der Waals surface area contributed by atoms with Crippen LogP contribution in [0.5, 0.6) is 0 Å². The van der Waals surface area contributed by atoms with Crippen LogP contribution >= 0.6 is 15.9 Å². The zero-order valence-electron chi connectivity index (χ0n) is 9.47. The number of aliphatic hydroxyl groups is 1. The molecular formula is C14H15BrO2. The lowest BCUT2D eigenvalue weighted by molar-refractivity contribution is 0.163. The highest BCUT2D eigenvalue weighted by Gasteiger charge is 2.07. The highest BCUT2D eigenvalue weighted by Crippen LogP contribution is 2.14. The first-order valence-corrected chi connectivity index (χ1v) is 6.48. The first-order valence-electron chi connectivity index (χ1n) is 5.69. The van der Waals surface area contributed by atoms with E-state index in [1.54, 1.807) is 6.26 Å². The van der Waals surface area contributed by atoms with Crippen LogP contribution in [-0.2, 0) is 12.8 Å². The number of rotatable bonds is 5. The van der Waals surface area contributed by atoms with Crippen molar-refractivity contribution in [1.29, 1.82) is 0 Å². The zero-order chi connectivity index (χ0) is 12.1. The first-order chi connectivity index (χ1) is 8.24. The molecule has 1 aromatic heterocycles. The lowest BCUT2D eigenvalue weighted by Gasteiger charge is -2.09. The predicted molar refractivity (Wildman–Crippen MR) is 70.9 cm³/mol. The molecule has 2 nitrogen and oxygen atoms in total. The predicted octanol–water partition coefficient (Wildman–Crippen LogP) is 3.58. The Morgan fingerprint density at radius 2 is 1.94 bits per heavy atom. The highest BCUT2D eigenvalue weighted by molar-refractivity contribution is 9.10. The van der Waals surface area contributed by atoms with Gasteiger partial charge in [0, 0.05) is 10.9 Å². The summed E-state index contributed by atoms with van der Waals surface area (Å²) >= 11 is 3.39. The van der Waals surface area contributed by atoms with Gasteiger partial charge in [0.2, 0.25) is 0 Å². The molecule has 1 N–H and O–H groups in total. The summed E-state index contributed by atoms with van der Waals surface area (Å²) in [6.07, 6.45) is 3.54. The summed E-state index contributed by atoms with van der Waals surface area (Å²) in [6, 6.07) is 11.9. The van der Waals surface area contributed by atoms with Crippen molar-refractivity contribution in [3.05, 3.63) is 58.5 Å². The number of halogens is 1. The Balaban J connectivity index is 1.80. The molecule has 3 heteroatoms. The second-order valence-corrected chi connectivity index (χ2v) is 5.02. The average Bonchev–Trinajstić information content (AvgIpc) is 2.83. The van der Waals surface area contributed by atoms with Gasteiger partial charge < -0.3 is 9.52 Å². The Bertz CT molecular complexity index is 434. The third-order valence-corrected chi connectivity index (χ3v) is 3.22. The molecule has 90 valence electrons. The molecule has 0 saturated heterocycles. The van der Waals surface area contributed by atoms with Crippen LogP contribution in [0.2, 0.25) is 0 Å². The van der Waals surface area contributed by atoms with E-state index in [1.807, 2.05) is 36.4 Å². The second kappa shape index (κ2) is 6.03. The van der Waals surface area contributed by atoms with Crippen molar-refractivity contribution in [2.24, 2.45) is 0 Å². The van der Waals surface area contributed by atoms with E-state index < -0.39 is 0 Å². The van der Waals surface area contributed by atoms with Gasteiger partial charge in [-0.1, -0.05) is 28.1 Å². The summed E-state index contributed by atoms with van der Waals surface area (Å²) in [5.74, 6) is 0.930. The van der Waals surface area contributed by atoms with Gasteiger partial charge in [-0.15, -0.1) is 0 Å². The summed E-state index contributed by atoms with van der Waals surface area (Å²) in [7, 11) is 0. The molecule has 0 aliphatic rings. The Kier molecular flexibility index (Phi) is 4.40. The molecule has 0 aliphatic carbocycles. The van der Waals surface area contributed by atoms with Gasteiger partial charge in [0.1, 0.15) is 5.76 Å². The van der Waals surface area contributed by atoms with Crippen molar-refractivity contribution in [3.8, 4) is 0 Å². The van der Waals surface area contributed by atoms with Gasteiger partial charge in [0.15, 0.2) is 0 Å². The topological polar surface area (TPSA) is 33.4 Å². The number of aryl methyl sites for hydroxylation is 1. The van der Waals surface area contributed by atoms with E-state index in [2.05, 4.69) is 15.9 Å². The third-order valence-electron chi connectivity index (χ3n) is 2.69. The molecular weight excluding hydrogens is 280 g/mol. The molecule has 0 amide bonds. The molecule has 0 saturated carbocycles. The molecule has 1 heterocycles. The monoisotopic (exact) mass is 294 g/mol. The van der Waals surface area contributed by atoms with Gasteiger partial charge in [0.25, 0.3) is 0 Å². The smallest absolute Gasteiger partial charge is 0.103 e. The molecule has 1 atom stereocenters. The van der Waals surface area contributed by atoms with Crippen LogP contribution in [0.25, 0.3) is 0 Å². The van der Waals surface area contributed by atoms with E-state index in [4.69, 9.17) is 4.42 Å². The maximum atomic E-state index is 9.92. The van der Waals surface area contributed by atoms with E-state index in [-0.39, 0.29) is 6.10 Å². The molecule has 2 rings (SSSR count). The molecule has 0 aliphatic heterocycles. The van der Waals surface area contributed by atoms with Crippen LogP contribution < -0.4 is 0 Å². The first kappa shape index (κ1) is 12.4. The summed E-state index contributed by atoms with van der Waals surface area (Å²) < 4.78 is 6.29. The summed E-state index contributed by atoms with van der Waals surface area (Å²) in [4.78, 5) is 0. The summed E-state index contributed by atoms with van der Waals surface area (Å²) in [6.45, 7) is 0. The van der Waals surface area contributed by atoms with Crippen LogP contribution in [-0.4, -0.2) is 11.2 Å². The fourth-order valence-corrected chi connectivity index (χ4v) is 2.02. The molecule has 0 bridgehead atoms. The quantitative estimate of drug-likeness (QED) is 0.914. The molecule has 1 unspecified atom stereocenters. The molecule has 0 fully saturated rings. The Labute approximate surface area is 109 Å². The average molecular weight is 295 g/mol. The SMILES string of the molecule is OC(CCc1ccco1)Cc1ccc(Br)cc1. The van der Waals surface area contributed by atoms with E-state index in [0.717, 1.165) is 28.6 Å². The Morgan fingerprint density at radius 3 is 2.59 bits per heavy atom. The van der Waals surface area contributed by atoms with Gasteiger partial charge >= 0.3 is 0 Å². The molecule has 17 heavy (non-hydrogen) atoms. The summed E-state index contributed by atoms with van der Waals surface area (Å²) in [5, 5.41) is 9.92. The van der Waals surface area contributed by atoms with Gasteiger partial charge in [-0.05, 0) is 42.7 Å². The number of benzene rings is 1. The lowest BCUT2D eigenvalue weighted by atomic mass is 10.0. The maximum Gasteiger partial charge on any atom is 0.103 e. The van der Waals surface area contributed by atoms with Crippen molar-refractivity contribution in [2.75, 3.05) is 0 Å². The standard InChI is InChI=1S/C14H15BrO2/c15-12-5-3-11(4-6-12)10-13(16)7-8-14-2-1-9-17-14/h1-6,9,13,16H,7-8,10H2. The number of aliphatic hydroxyl groups excluding tert-OH is 1. The van der Waals surface area contributed by atoms with Crippen molar-refractivity contribution >= 4 is 15.9 Å². The minimum absolute atomic E-state index is 0.318. The lowest BCUT2D eigenvalue weighted by Crippen LogP contribution is -2.11. The minimum Gasteiger partial charge on any atom is -0.469 e. The Morgan fingerprint density at radius 1 is 1.18 bits per heavy atom. The van der Waals surface area contributed by atoms with E-state index in [9.17, 15) is 5.11 Å². The highest BCUT2D eigenvalue weighted by atomic mass is 79.9. The zero-order valence-corrected chi connectivity index (χ0v) is 11.1. The largest absolute Gasteiger partial charge is 0.469 e. The van der Waals surface area contributed by atoms with Crippen LogP contribution in [0.1, 0.15) is 17.7 Å². The minimum atomic E-state index is -0.318. The molecule has 0 spiro atoms. The second-order valence-electron chi connectivity index (χ2n) is 4.10. The van der Waals surface area contributed by atoms with Crippen LogP contribution in [0.15, 0.2) is 51.6 Å². The maximum absolute atomic E-state index is 9.92. The third kappa shape index (κ3) is 4.02. The van der Waals surface area contributed by atoms with E-state index in [0.29, 0.717) is 6.42 Å². The van der Waals surface area contributed by atoms with Gasteiger partial charge in [0.05, 0.1) is 12.4 Å².